The standard InChI is InChI=1S/C25H30/c1-4-8-19(2)22-14-11-21(12-15-22)13-16-23-17-18-25(20(23)3)24-9-6-5-7-10-24/h5-7,9-12,14-15,17-20H,4,8,13,16H2,1-3H3. The van der Waals surface area contributed by atoms with Gasteiger partial charge in [-0.3, -0.25) is 0 Å². The maximum absolute atomic E-state index is 2.34. The molecule has 3 rings (SSSR count). The smallest absolute Gasteiger partial charge is 0.00289 e. The van der Waals surface area contributed by atoms with Crippen molar-refractivity contribution in [1.29, 1.82) is 0 Å². The number of benzene rings is 2. The second kappa shape index (κ2) is 8.34. The summed E-state index contributed by atoms with van der Waals surface area (Å²) in [6.07, 6.45) is 9.46. The SMILES string of the molecule is CCCC(C)c1ccc(CCC2=CC=C(c3ccccc3)C2C)cc1. The lowest BCUT2D eigenvalue weighted by Gasteiger charge is -2.15. The van der Waals surface area contributed by atoms with Crippen molar-refractivity contribution in [3.63, 3.8) is 0 Å². The van der Waals surface area contributed by atoms with Crippen LogP contribution in [-0.4, -0.2) is 0 Å². The van der Waals surface area contributed by atoms with Crippen LogP contribution in [0.15, 0.2) is 72.3 Å². The second-order valence-electron chi connectivity index (χ2n) is 7.38. The molecule has 0 nitrogen and oxygen atoms in total. The van der Waals surface area contributed by atoms with Crippen LogP contribution in [0.3, 0.4) is 0 Å². The highest BCUT2D eigenvalue weighted by Gasteiger charge is 2.19. The van der Waals surface area contributed by atoms with Gasteiger partial charge in [-0.05, 0) is 47.4 Å². The minimum absolute atomic E-state index is 0.534. The highest BCUT2D eigenvalue weighted by Crippen LogP contribution is 2.36. The Morgan fingerprint density at radius 3 is 2.28 bits per heavy atom. The molecule has 0 saturated carbocycles. The van der Waals surface area contributed by atoms with E-state index < -0.39 is 0 Å². The molecule has 2 unspecified atom stereocenters. The van der Waals surface area contributed by atoms with Crippen molar-refractivity contribution in [1.82, 2.24) is 0 Å². The summed E-state index contributed by atoms with van der Waals surface area (Å²) in [5, 5.41) is 0. The van der Waals surface area contributed by atoms with Gasteiger partial charge in [0, 0.05) is 5.92 Å². The molecule has 130 valence electrons. The molecule has 0 spiro atoms. The van der Waals surface area contributed by atoms with Crippen LogP contribution in [-0.2, 0) is 6.42 Å². The van der Waals surface area contributed by atoms with E-state index >= 15 is 0 Å². The van der Waals surface area contributed by atoms with Crippen LogP contribution >= 0.6 is 0 Å². The summed E-state index contributed by atoms with van der Waals surface area (Å²) in [6.45, 7) is 6.94. The molecule has 0 radical (unpaired) electrons. The lowest BCUT2D eigenvalue weighted by Crippen LogP contribution is -2.00. The Morgan fingerprint density at radius 1 is 0.880 bits per heavy atom. The van der Waals surface area contributed by atoms with Crippen LogP contribution in [0, 0.1) is 5.92 Å². The highest BCUT2D eigenvalue weighted by atomic mass is 14.2. The first-order chi connectivity index (χ1) is 12.2. The van der Waals surface area contributed by atoms with Gasteiger partial charge in [-0.1, -0.05) is 99.5 Å². The summed E-state index contributed by atoms with van der Waals surface area (Å²) in [5.41, 5.74) is 7.30. The van der Waals surface area contributed by atoms with Gasteiger partial charge in [-0.2, -0.15) is 0 Å². The van der Waals surface area contributed by atoms with Crippen molar-refractivity contribution in [2.45, 2.75) is 52.4 Å². The molecule has 2 aromatic carbocycles. The molecule has 1 aliphatic rings. The summed E-state index contributed by atoms with van der Waals surface area (Å²) in [5.74, 6) is 1.21. The number of allylic oxidation sites excluding steroid dienone is 4. The van der Waals surface area contributed by atoms with Gasteiger partial charge in [0.1, 0.15) is 0 Å². The van der Waals surface area contributed by atoms with E-state index in [0.717, 1.165) is 12.8 Å². The van der Waals surface area contributed by atoms with Crippen LogP contribution in [0.4, 0.5) is 0 Å². The van der Waals surface area contributed by atoms with E-state index in [9.17, 15) is 0 Å². The van der Waals surface area contributed by atoms with Crippen molar-refractivity contribution in [3.05, 3.63) is 89.0 Å². The van der Waals surface area contributed by atoms with Gasteiger partial charge in [0.05, 0.1) is 0 Å². The molecule has 2 atom stereocenters. The Hall–Kier alpha value is -2.08. The molecular formula is C25H30. The third-order valence-corrected chi connectivity index (χ3v) is 5.58. The summed E-state index contributed by atoms with van der Waals surface area (Å²) >= 11 is 0. The molecule has 0 aliphatic heterocycles. The van der Waals surface area contributed by atoms with Gasteiger partial charge in [0.2, 0.25) is 0 Å². The number of hydrogen-bond donors (Lipinski definition) is 0. The zero-order valence-corrected chi connectivity index (χ0v) is 15.8. The zero-order valence-electron chi connectivity index (χ0n) is 15.8. The molecule has 0 aromatic heterocycles. The summed E-state index contributed by atoms with van der Waals surface area (Å²) in [6, 6.07) is 20.1. The molecule has 0 heterocycles. The highest BCUT2D eigenvalue weighted by molar-refractivity contribution is 5.74. The predicted octanol–water partition coefficient (Wildman–Crippen LogP) is 7.18. The Labute approximate surface area is 153 Å². The Morgan fingerprint density at radius 2 is 1.60 bits per heavy atom. The lowest BCUT2D eigenvalue weighted by atomic mass is 9.89. The Balaban J connectivity index is 1.56. The predicted molar refractivity (Wildman–Crippen MR) is 110 cm³/mol. The van der Waals surface area contributed by atoms with E-state index in [1.165, 1.54) is 35.1 Å². The molecule has 25 heavy (non-hydrogen) atoms. The van der Waals surface area contributed by atoms with Gasteiger partial charge in [-0.15, -0.1) is 0 Å². The van der Waals surface area contributed by atoms with Gasteiger partial charge < -0.3 is 0 Å². The molecule has 1 aliphatic carbocycles. The van der Waals surface area contributed by atoms with E-state index in [-0.39, 0.29) is 0 Å². The fraction of sp³-hybridized carbons (Fsp3) is 0.360. The maximum Gasteiger partial charge on any atom is 0.00289 e. The maximum atomic E-state index is 2.34. The summed E-state index contributed by atoms with van der Waals surface area (Å²) in [7, 11) is 0. The average molecular weight is 331 g/mol. The first kappa shape index (κ1) is 17.7. The monoisotopic (exact) mass is 330 g/mol. The van der Waals surface area contributed by atoms with Crippen LogP contribution < -0.4 is 0 Å². The second-order valence-corrected chi connectivity index (χ2v) is 7.38. The molecule has 0 bridgehead atoms. The van der Waals surface area contributed by atoms with Crippen molar-refractivity contribution < 1.29 is 0 Å². The fourth-order valence-electron chi connectivity index (χ4n) is 3.86. The van der Waals surface area contributed by atoms with Crippen LogP contribution in [0.1, 0.15) is 62.6 Å². The van der Waals surface area contributed by atoms with Crippen molar-refractivity contribution >= 4 is 5.57 Å². The molecular weight excluding hydrogens is 300 g/mol. The Kier molecular flexibility index (Phi) is 5.91. The minimum atomic E-state index is 0.534. The van der Waals surface area contributed by atoms with Gasteiger partial charge >= 0.3 is 0 Å². The van der Waals surface area contributed by atoms with Crippen LogP contribution in [0.25, 0.3) is 5.57 Å². The zero-order chi connectivity index (χ0) is 17.6. The molecule has 2 aromatic rings. The van der Waals surface area contributed by atoms with Crippen molar-refractivity contribution in [3.8, 4) is 0 Å². The van der Waals surface area contributed by atoms with Crippen LogP contribution in [0.5, 0.6) is 0 Å². The third kappa shape index (κ3) is 4.31. The van der Waals surface area contributed by atoms with E-state index in [4.69, 9.17) is 0 Å². The Bertz CT molecular complexity index is 731. The number of aryl methyl sites for hydroxylation is 1. The van der Waals surface area contributed by atoms with E-state index in [2.05, 4.69) is 87.5 Å². The summed E-state index contributed by atoms with van der Waals surface area (Å²) in [4.78, 5) is 0. The normalized spacial score (nSPS) is 18.0. The minimum Gasteiger partial charge on any atom is -0.0654 e. The summed E-state index contributed by atoms with van der Waals surface area (Å²) < 4.78 is 0. The third-order valence-electron chi connectivity index (χ3n) is 5.58. The van der Waals surface area contributed by atoms with E-state index in [1.807, 2.05) is 0 Å². The largest absolute Gasteiger partial charge is 0.0654 e. The molecule has 0 heteroatoms. The first-order valence-corrected chi connectivity index (χ1v) is 9.74. The van der Waals surface area contributed by atoms with E-state index in [1.54, 1.807) is 5.57 Å². The van der Waals surface area contributed by atoms with Crippen LogP contribution in [0.2, 0.25) is 0 Å². The topological polar surface area (TPSA) is 0 Å². The fourth-order valence-corrected chi connectivity index (χ4v) is 3.86. The number of rotatable bonds is 7. The van der Waals surface area contributed by atoms with Gasteiger partial charge in [0.25, 0.3) is 0 Å². The van der Waals surface area contributed by atoms with Gasteiger partial charge in [-0.25, -0.2) is 0 Å². The molecule has 0 amide bonds. The van der Waals surface area contributed by atoms with Gasteiger partial charge in [0.15, 0.2) is 0 Å². The van der Waals surface area contributed by atoms with Crippen molar-refractivity contribution in [2.24, 2.45) is 5.92 Å². The average Bonchev–Trinajstić information content (AvgIpc) is 3.02. The quantitative estimate of drug-likeness (QED) is 0.504. The van der Waals surface area contributed by atoms with Crippen molar-refractivity contribution in [2.75, 3.05) is 0 Å². The lowest BCUT2D eigenvalue weighted by molar-refractivity contribution is 0.664. The van der Waals surface area contributed by atoms with E-state index in [0.29, 0.717) is 11.8 Å². The first-order valence-electron chi connectivity index (χ1n) is 9.74. The molecule has 0 saturated heterocycles. The molecule has 0 N–H and O–H groups in total. The molecule has 0 fully saturated rings. The number of hydrogen-bond acceptors (Lipinski definition) is 0.